The first-order valence-corrected chi connectivity index (χ1v) is 9.58. The smallest absolute Gasteiger partial charge is 0.341 e. The predicted octanol–water partition coefficient (Wildman–Crippen LogP) is 3.95. The van der Waals surface area contributed by atoms with Gasteiger partial charge in [0.25, 0.3) is 5.91 Å². The Morgan fingerprint density at radius 3 is 2.28 bits per heavy atom. The van der Waals surface area contributed by atoms with Crippen LogP contribution in [0, 0.1) is 0 Å². The molecule has 0 N–H and O–H groups in total. The standard InChI is InChI=1S/C21H24N2O5S/c1-3-4-14-27-20(25)16-10-12-17(13-11-16)23(29)21(26)22(2)19(24)15-28-18-8-6-5-7-9-18/h5-13,29H,3-4,14-15H2,1-2H3. The summed E-state index contributed by atoms with van der Waals surface area (Å²) in [5, 5.41) is 0. The fourth-order valence-corrected chi connectivity index (χ4v) is 2.52. The maximum atomic E-state index is 12.5. The zero-order chi connectivity index (χ0) is 21.2. The molecule has 0 aliphatic carbocycles. The Balaban J connectivity index is 1.92. The SMILES string of the molecule is CCCCOC(=O)c1ccc(N(S)C(=O)N(C)C(=O)COc2ccccc2)cc1. The summed E-state index contributed by atoms with van der Waals surface area (Å²) < 4.78 is 11.5. The summed E-state index contributed by atoms with van der Waals surface area (Å²) in [4.78, 5) is 37.6. The molecular weight excluding hydrogens is 392 g/mol. The lowest BCUT2D eigenvalue weighted by Crippen LogP contribution is -2.42. The number of unbranched alkanes of at least 4 members (excludes halogenated alkanes) is 1. The summed E-state index contributed by atoms with van der Waals surface area (Å²) >= 11 is 4.17. The van der Waals surface area contributed by atoms with Crippen LogP contribution in [0.3, 0.4) is 0 Å². The van der Waals surface area contributed by atoms with Gasteiger partial charge in [-0.05, 0) is 42.8 Å². The Morgan fingerprint density at radius 1 is 1.00 bits per heavy atom. The molecular formula is C21H24N2O5S. The topological polar surface area (TPSA) is 76.2 Å². The van der Waals surface area contributed by atoms with E-state index in [-0.39, 0.29) is 6.61 Å². The normalized spacial score (nSPS) is 10.2. The fraction of sp³-hybridized carbons (Fsp3) is 0.286. The van der Waals surface area contributed by atoms with Crippen LogP contribution in [-0.2, 0) is 9.53 Å². The van der Waals surface area contributed by atoms with Crippen molar-refractivity contribution in [3.05, 3.63) is 60.2 Å². The van der Waals surface area contributed by atoms with Gasteiger partial charge >= 0.3 is 12.0 Å². The lowest BCUT2D eigenvalue weighted by atomic mass is 10.2. The van der Waals surface area contributed by atoms with Crippen LogP contribution in [0.5, 0.6) is 5.75 Å². The van der Waals surface area contributed by atoms with Crippen LogP contribution in [0.4, 0.5) is 10.5 Å². The van der Waals surface area contributed by atoms with Gasteiger partial charge in [-0.2, -0.15) is 0 Å². The first-order chi connectivity index (χ1) is 13.9. The second-order valence-electron chi connectivity index (χ2n) is 6.19. The van der Waals surface area contributed by atoms with Crippen molar-refractivity contribution in [2.24, 2.45) is 0 Å². The minimum Gasteiger partial charge on any atom is -0.484 e. The number of carbonyl (C=O) groups excluding carboxylic acids is 3. The van der Waals surface area contributed by atoms with Crippen LogP contribution in [0.25, 0.3) is 0 Å². The van der Waals surface area contributed by atoms with Crippen molar-refractivity contribution < 1.29 is 23.9 Å². The summed E-state index contributed by atoms with van der Waals surface area (Å²) in [6.07, 6.45) is 1.74. The zero-order valence-electron chi connectivity index (χ0n) is 16.4. The van der Waals surface area contributed by atoms with Crippen molar-refractivity contribution in [1.29, 1.82) is 0 Å². The van der Waals surface area contributed by atoms with E-state index in [1.54, 1.807) is 48.5 Å². The summed E-state index contributed by atoms with van der Waals surface area (Å²) in [6, 6.07) is 14.4. The Bertz CT molecular complexity index is 827. The molecule has 2 rings (SSSR count). The van der Waals surface area contributed by atoms with Gasteiger partial charge in [-0.25, -0.2) is 13.9 Å². The van der Waals surface area contributed by atoms with Crippen LogP contribution < -0.4 is 9.04 Å². The monoisotopic (exact) mass is 416 g/mol. The van der Waals surface area contributed by atoms with E-state index in [1.807, 2.05) is 13.0 Å². The van der Waals surface area contributed by atoms with Gasteiger partial charge in [0.1, 0.15) is 5.75 Å². The van der Waals surface area contributed by atoms with Crippen molar-refractivity contribution in [2.75, 3.05) is 24.6 Å². The number of imide groups is 1. The summed E-state index contributed by atoms with van der Waals surface area (Å²) in [5.74, 6) is -0.410. The van der Waals surface area contributed by atoms with Gasteiger partial charge in [-0.1, -0.05) is 44.4 Å². The van der Waals surface area contributed by atoms with E-state index in [4.69, 9.17) is 9.47 Å². The van der Waals surface area contributed by atoms with Gasteiger partial charge in [-0.3, -0.25) is 9.69 Å². The molecule has 0 spiro atoms. The van der Waals surface area contributed by atoms with Gasteiger partial charge < -0.3 is 9.47 Å². The number of rotatable bonds is 8. The molecule has 0 atom stereocenters. The molecule has 0 aliphatic heterocycles. The highest BCUT2D eigenvalue weighted by Gasteiger charge is 2.23. The number of urea groups is 1. The van der Waals surface area contributed by atoms with E-state index >= 15 is 0 Å². The Morgan fingerprint density at radius 2 is 1.66 bits per heavy atom. The molecule has 2 aromatic carbocycles. The third-order valence-electron chi connectivity index (χ3n) is 4.03. The van der Waals surface area contributed by atoms with E-state index < -0.39 is 17.9 Å². The van der Waals surface area contributed by atoms with Gasteiger partial charge in [0, 0.05) is 7.05 Å². The molecule has 0 saturated carbocycles. The number of esters is 1. The van der Waals surface area contributed by atoms with Gasteiger partial charge in [0.2, 0.25) is 0 Å². The number of nitrogens with zero attached hydrogens (tertiary/aromatic N) is 2. The molecule has 8 heteroatoms. The Kier molecular flexibility index (Phi) is 8.54. The lowest BCUT2D eigenvalue weighted by Gasteiger charge is -2.22. The highest BCUT2D eigenvalue weighted by atomic mass is 32.1. The van der Waals surface area contributed by atoms with Gasteiger partial charge in [0.15, 0.2) is 6.61 Å². The average Bonchev–Trinajstić information content (AvgIpc) is 2.76. The van der Waals surface area contributed by atoms with Crippen molar-refractivity contribution >= 4 is 36.4 Å². The highest BCUT2D eigenvalue weighted by Crippen LogP contribution is 2.19. The molecule has 0 bridgehead atoms. The van der Waals surface area contributed by atoms with Crippen LogP contribution >= 0.6 is 12.8 Å². The molecule has 0 radical (unpaired) electrons. The zero-order valence-corrected chi connectivity index (χ0v) is 17.3. The van der Waals surface area contributed by atoms with Crippen LogP contribution in [0.1, 0.15) is 30.1 Å². The first kappa shape index (κ1) is 22.3. The number of anilines is 1. The van der Waals surface area contributed by atoms with Crippen LogP contribution in [-0.4, -0.2) is 43.1 Å². The number of hydrogen-bond donors (Lipinski definition) is 1. The molecule has 0 fully saturated rings. The summed E-state index contributed by atoms with van der Waals surface area (Å²) in [7, 11) is 1.35. The van der Waals surface area contributed by atoms with Gasteiger partial charge in [0.05, 0.1) is 17.9 Å². The number of hydrogen-bond acceptors (Lipinski definition) is 6. The maximum Gasteiger partial charge on any atom is 0.341 e. The second-order valence-corrected chi connectivity index (χ2v) is 6.59. The molecule has 154 valence electrons. The minimum atomic E-state index is -0.645. The number of carbonyl (C=O) groups is 3. The molecule has 0 heterocycles. The maximum absolute atomic E-state index is 12.5. The predicted molar refractivity (Wildman–Crippen MR) is 113 cm³/mol. The third-order valence-corrected chi connectivity index (χ3v) is 4.43. The van der Waals surface area contributed by atoms with Crippen molar-refractivity contribution in [3.8, 4) is 5.75 Å². The Hall–Kier alpha value is -3.00. The quantitative estimate of drug-likeness (QED) is 0.401. The van der Waals surface area contributed by atoms with Crippen LogP contribution in [0.15, 0.2) is 54.6 Å². The Labute approximate surface area is 175 Å². The molecule has 0 unspecified atom stereocenters. The number of thiol groups is 1. The lowest BCUT2D eigenvalue weighted by molar-refractivity contribution is -0.129. The molecule has 29 heavy (non-hydrogen) atoms. The van der Waals surface area contributed by atoms with E-state index in [9.17, 15) is 14.4 Å². The highest BCUT2D eigenvalue weighted by molar-refractivity contribution is 7.82. The third kappa shape index (κ3) is 6.53. The van der Waals surface area contributed by atoms with Crippen molar-refractivity contribution in [2.45, 2.75) is 19.8 Å². The van der Waals surface area contributed by atoms with E-state index in [0.717, 1.165) is 22.0 Å². The van der Waals surface area contributed by atoms with E-state index in [2.05, 4.69) is 12.8 Å². The van der Waals surface area contributed by atoms with Crippen molar-refractivity contribution in [1.82, 2.24) is 4.90 Å². The summed E-state index contributed by atoms with van der Waals surface area (Å²) in [6.45, 7) is 2.10. The molecule has 0 aliphatic rings. The molecule has 2 aromatic rings. The van der Waals surface area contributed by atoms with Crippen molar-refractivity contribution in [3.63, 3.8) is 0 Å². The largest absolute Gasteiger partial charge is 0.484 e. The van der Waals surface area contributed by atoms with E-state index in [1.165, 1.54) is 7.05 Å². The summed E-state index contributed by atoms with van der Waals surface area (Å²) in [5.41, 5.74) is 0.784. The fourth-order valence-electron chi connectivity index (χ4n) is 2.25. The molecule has 3 amide bonds. The van der Waals surface area contributed by atoms with E-state index in [0.29, 0.717) is 23.6 Å². The molecule has 0 saturated heterocycles. The number of likely N-dealkylation sites (N-methyl/N-ethyl adjacent to an activating group) is 1. The number of benzene rings is 2. The number of para-hydroxylation sites is 1. The number of ether oxygens (including phenoxy) is 2. The van der Waals surface area contributed by atoms with Gasteiger partial charge in [-0.15, -0.1) is 0 Å². The van der Waals surface area contributed by atoms with Crippen LogP contribution in [0.2, 0.25) is 0 Å². The average molecular weight is 416 g/mol. The number of amides is 3. The molecule has 0 aromatic heterocycles. The first-order valence-electron chi connectivity index (χ1n) is 9.18. The molecule has 7 nitrogen and oxygen atoms in total. The second kappa shape index (κ2) is 11.1. The minimum absolute atomic E-state index is 0.281.